The molecule has 3 rings (SSSR count). The number of carbonyl (C=O) groups excluding carboxylic acids is 1. The third-order valence-corrected chi connectivity index (χ3v) is 5.93. The van der Waals surface area contributed by atoms with Crippen LogP contribution in [0, 0.1) is 13.8 Å². The molecular weight excluding hydrogens is 380 g/mol. The zero-order chi connectivity index (χ0) is 20.7. The molecule has 0 radical (unpaired) electrons. The number of ether oxygens (including phenoxy) is 1. The van der Waals surface area contributed by atoms with Crippen molar-refractivity contribution in [3.05, 3.63) is 40.6 Å². The minimum absolute atomic E-state index is 0.212. The van der Waals surface area contributed by atoms with Crippen LogP contribution in [-0.4, -0.2) is 41.8 Å². The number of rotatable bonds is 3. The lowest BCUT2D eigenvalue weighted by Gasteiger charge is -2.30. The minimum Gasteiger partial charge on any atom is -0.444 e. The fourth-order valence-corrected chi connectivity index (χ4v) is 4.41. The van der Waals surface area contributed by atoms with Gasteiger partial charge in [0.05, 0.1) is 11.4 Å². The third kappa shape index (κ3) is 4.30. The number of anilines is 1. The summed E-state index contributed by atoms with van der Waals surface area (Å²) in [5.74, 6) is 0.212. The molecule has 2 heterocycles. The zero-order valence-electron chi connectivity index (χ0n) is 16.8. The second kappa shape index (κ2) is 7.12. The molecule has 8 nitrogen and oxygen atoms in total. The fraction of sp³-hybridized carbons (Fsp3) is 0.474. The van der Waals surface area contributed by atoms with Crippen LogP contribution in [0.4, 0.5) is 10.6 Å². The third-order valence-electron chi connectivity index (χ3n) is 4.45. The van der Waals surface area contributed by atoms with Gasteiger partial charge >= 0.3 is 6.09 Å². The Morgan fingerprint density at radius 3 is 2.68 bits per heavy atom. The number of nitrogens with zero attached hydrogens (tertiary/aromatic N) is 2. The Morgan fingerprint density at radius 2 is 2.00 bits per heavy atom. The van der Waals surface area contributed by atoms with Gasteiger partial charge in [0.25, 0.3) is 10.0 Å². The lowest BCUT2D eigenvalue weighted by molar-refractivity contribution is 0.0224. The molecule has 0 aliphatic carbocycles. The van der Waals surface area contributed by atoms with Crippen LogP contribution in [0.25, 0.3) is 0 Å². The summed E-state index contributed by atoms with van der Waals surface area (Å²) < 4.78 is 33.8. The van der Waals surface area contributed by atoms with Gasteiger partial charge in [-0.25, -0.2) is 13.2 Å². The van der Waals surface area contributed by atoms with Gasteiger partial charge in [-0.15, -0.1) is 0 Å². The molecule has 0 saturated heterocycles. The molecule has 0 fully saturated rings. The monoisotopic (exact) mass is 406 g/mol. The predicted molar refractivity (Wildman–Crippen MR) is 106 cm³/mol. The van der Waals surface area contributed by atoms with Crippen molar-refractivity contribution in [2.75, 3.05) is 11.3 Å². The first-order valence-corrected chi connectivity index (χ1v) is 10.6. The second-order valence-corrected chi connectivity index (χ2v) is 9.71. The van der Waals surface area contributed by atoms with Gasteiger partial charge in [-0.05, 0) is 51.8 Å². The lowest BCUT2D eigenvalue weighted by Crippen LogP contribution is -2.40. The van der Waals surface area contributed by atoms with Gasteiger partial charge in [0.1, 0.15) is 5.60 Å². The van der Waals surface area contributed by atoms with Crippen molar-refractivity contribution < 1.29 is 17.9 Å². The van der Waals surface area contributed by atoms with E-state index >= 15 is 0 Å². The van der Waals surface area contributed by atoms with E-state index in [0.29, 0.717) is 24.1 Å². The summed E-state index contributed by atoms with van der Waals surface area (Å²) in [4.78, 5) is 14.1. The SMILES string of the molecule is Cc1ccc(C)c(S(=O)(=O)Nc2n[nH]c3c2CN(C(=O)OC(C)(C)C)CC3)c1. The Kier molecular flexibility index (Phi) is 5.14. The Hall–Kier alpha value is -2.55. The van der Waals surface area contributed by atoms with Crippen molar-refractivity contribution in [3.8, 4) is 0 Å². The molecule has 0 unspecified atom stereocenters. The molecule has 152 valence electrons. The molecule has 1 aromatic carbocycles. The van der Waals surface area contributed by atoms with Gasteiger partial charge < -0.3 is 9.64 Å². The summed E-state index contributed by atoms with van der Waals surface area (Å²) >= 11 is 0. The molecule has 0 spiro atoms. The summed E-state index contributed by atoms with van der Waals surface area (Å²) in [6.45, 7) is 9.72. The minimum atomic E-state index is -3.80. The fourth-order valence-electron chi connectivity index (χ4n) is 3.04. The van der Waals surface area contributed by atoms with E-state index in [1.54, 1.807) is 24.0 Å². The van der Waals surface area contributed by atoms with E-state index in [0.717, 1.165) is 11.3 Å². The van der Waals surface area contributed by atoms with Crippen LogP contribution in [0.5, 0.6) is 0 Å². The first-order chi connectivity index (χ1) is 13.0. The van der Waals surface area contributed by atoms with Gasteiger partial charge in [0, 0.05) is 24.2 Å². The maximum atomic E-state index is 12.9. The van der Waals surface area contributed by atoms with E-state index in [1.807, 2.05) is 33.8 Å². The van der Waals surface area contributed by atoms with Crippen LogP contribution in [-0.2, 0) is 27.7 Å². The summed E-state index contributed by atoms with van der Waals surface area (Å²) in [5, 5.41) is 7.01. The quantitative estimate of drug-likeness (QED) is 0.815. The maximum Gasteiger partial charge on any atom is 0.410 e. The molecule has 1 aliphatic heterocycles. The highest BCUT2D eigenvalue weighted by Gasteiger charge is 2.30. The number of aromatic nitrogens is 2. The standard InChI is InChI=1S/C19H26N4O4S/c1-12-6-7-13(2)16(10-12)28(25,26)22-17-14-11-23(9-8-15(14)20-21-17)18(24)27-19(3,4)5/h6-7,10H,8-9,11H2,1-5H3,(H2,20,21,22). The Bertz CT molecular complexity index is 1010. The largest absolute Gasteiger partial charge is 0.444 e. The molecule has 0 bridgehead atoms. The number of hydrogen-bond acceptors (Lipinski definition) is 5. The van der Waals surface area contributed by atoms with E-state index in [1.165, 1.54) is 0 Å². The summed E-state index contributed by atoms with van der Waals surface area (Å²) in [6.07, 6.45) is 0.120. The average Bonchev–Trinajstić information content (AvgIpc) is 2.97. The highest BCUT2D eigenvalue weighted by Crippen LogP contribution is 2.28. The van der Waals surface area contributed by atoms with Gasteiger partial charge in [0.2, 0.25) is 0 Å². The number of benzene rings is 1. The summed E-state index contributed by atoms with van der Waals surface area (Å²) in [7, 11) is -3.80. The number of H-pyrrole nitrogens is 1. The van der Waals surface area contributed by atoms with E-state index in [4.69, 9.17) is 4.74 Å². The van der Waals surface area contributed by atoms with E-state index in [2.05, 4.69) is 14.9 Å². The van der Waals surface area contributed by atoms with Crippen LogP contribution < -0.4 is 4.72 Å². The molecule has 28 heavy (non-hydrogen) atoms. The average molecular weight is 407 g/mol. The topological polar surface area (TPSA) is 104 Å². The Labute approximate surface area is 165 Å². The van der Waals surface area contributed by atoms with Crippen molar-refractivity contribution in [1.29, 1.82) is 0 Å². The molecule has 2 N–H and O–H groups in total. The number of amides is 1. The van der Waals surface area contributed by atoms with Crippen LogP contribution in [0.15, 0.2) is 23.1 Å². The zero-order valence-corrected chi connectivity index (χ0v) is 17.6. The molecule has 2 aromatic rings. The van der Waals surface area contributed by atoms with Crippen molar-refractivity contribution in [3.63, 3.8) is 0 Å². The molecule has 0 saturated carbocycles. The van der Waals surface area contributed by atoms with E-state index in [9.17, 15) is 13.2 Å². The van der Waals surface area contributed by atoms with Crippen LogP contribution in [0.3, 0.4) is 0 Å². The smallest absolute Gasteiger partial charge is 0.410 e. The van der Waals surface area contributed by atoms with Crippen LogP contribution in [0.2, 0.25) is 0 Å². The van der Waals surface area contributed by atoms with E-state index < -0.39 is 21.7 Å². The highest BCUT2D eigenvalue weighted by atomic mass is 32.2. The first kappa shape index (κ1) is 20.2. The molecular formula is C19H26N4O4S. The Morgan fingerprint density at radius 1 is 1.29 bits per heavy atom. The summed E-state index contributed by atoms with van der Waals surface area (Å²) in [6, 6.07) is 5.27. The van der Waals surface area contributed by atoms with Crippen LogP contribution >= 0.6 is 0 Å². The lowest BCUT2D eigenvalue weighted by atomic mass is 10.1. The van der Waals surface area contributed by atoms with Crippen LogP contribution in [0.1, 0.15) is 43.2 Å². The molecule has 0 atom stereocenters. The van der Waals surface area contributed by atoms with E-state index in [-0.39, 0.29) is 17.3 Å². The second-order valence-electron chi connectivity index (χ2n) is 8.06. The van der Waals surface area contributed by atoms with Gasteiger partial charge in [-0.3, -0.25) is 9.82 Å². The van der Waals surface area contributed by atoms with Gasteiger partial charge in [-0.2, -0.15) is 5.10 Å². The number of nitrogens with one attached hydrogen (secondary N) is 2. The molecule has 9 heteroatoms. The first-order valence-electron chi connectivity index (χ1n) is 9.10. The van der Waals surface area contributed by atoms with Crippen molar-refractivity contribution in [2.24, 2.45) is 0 Å². The van der Waals surface area contributed by atoms with Crippen molar-refractivity contribution in [1.82, 2.24) is 15.1 Å². The predicted octanol–water partition coefficient (Wildman–Crippen LogP) is 3.12. The molecule has 1 aromatic heterocycles. The van der Waals surface area contributed by atoms with Crippen molar-refractivity contribution >= 4 is 21.9 Å². The number of sulfonamides is 1. The van der Waals surface area contributed by atoms with Gasteiger partial charge in [-0.1, -0.05) is 12.1 Å². The number of carbonyl (C=O) groups is 1. The number of aromatic amines is 1. The van der Waals surface area contributed by atoms with Gasteiger partial charge in [0.15, 0.2) is 5.82 Å². The Balaban J connectivity index is 1.84. The molecule has 1 aliphatic rings. The normalized spacial score (nSPS) is 14.5. The maximum absolute atomic E-state index is 12.9. The number of hydrogen-bond donors (Lipinski definition) is 2. The molecule has 1 amide bonds. The summed E-state index contributed by atoms with van der Waals surface area (Å²) in [5.41, 5.74) is 2.38. The number of fused-ring (bicyclic) bond motifs is 1. The van der Waals surface area contributed by atoms with Crippen molar-refractivity contribution in [2.45, 2.75) is 58.1 Å². The number of aryl methyl sites for hydroxylation is 2. The highest BCUT2D eigenvalue weighted by molar-refractivity contribution is 7.92.